The molecule has 1 amide bonds. The minimum absolute atomic E-state index is 0.0177. The summed E-state index contributed by atoms with van der Waals surface area (Å²) in [5.41, 5.74) is 0.0250. The zero-order valence-electron chi connectivity index (χ0n) is 11.0. The molecule has 0 bridgehead atoms. The Bertz CT molecular complexity index is 617. The number of rotatable bonds is 5. The number of nitrogens with zero attached hydrogens (tertiary/aromatic N) is 1. The number of carbonyl (C=O) groups excluding carboxylic acids is 1. The van der Waals surface area contributed by atoms with Gasteiger partial charge in [-0.15, -0.1) is 0 Å². The Morgan fingerprint density at radius 3 is 2.40 bits per heavy atom. The highest BCUT2D eigenvalue weighted by atomic mass is 35.7. The molecule has 20 heavy (non-hydrogen) atoms. The van der Waals surface area contributed by atoms with Crippen LogP contribution in [0.5, 0.6) is 0 Å². The van der Waals surface area contributed by atoms with E-state index in [1.807, 2.05) is 6.92 Å². The van der Waals surface area contributed by atoms with E-state index in [1.54, 1.807) is 7.05 Å². The first kappa shape index (κ1) is 17.6. The second-order valence-electron chi connectivity index (χ2n) is 4.28. The summed E-state index contributed by atoms with van der Waals surface area (Å²) in [4.78, 5) is 13.5. The lowest BCUT2D eigenvalue weighted by atomic mass is 10.2. The molecule has 0 aliphatic carbocycles. The highest BCUT2D eigenvalue weighted by Gasteiger charge is 2.21. The fourth-order valence-corrected chi connectivity index (χ4v) is 2.82. The number of halogens is 3. The monoisotopic (exact) mass is 357 g/mol. The molecule has 0 saturated heterocycles. The molecule has 0 fully saturated rings. The molecule has 8 heteroatoms. The zero-order valence-corrected chi connectivity index (χ0v) is 14.1. The van der Waals surface area contributed by atoms with Crippen LogP contribution in [0.3, 0.4) is 0 Å². The fraction of sp³-hybridized carbons (Fsp3) is 0.417. The van der Waals surface area contributed by atoms with Crippen molar-refractivity contribution in [1.82, 2.24) is 4.90 Å². The fourth-order valence-electron chi connectivity index (χ4n) is 1.56. The van der Waals surface area contributed by atoms with Crippen molar-refractivity contribution >= 4 is 48.8 Å². The second-order valence-corrected chi connectivity index (χ2v) is 7.64. The molecule has 0 N–H and O–H groups in total. The number of hydrogen-bond acceptors (Lipinski definition) is 3. The topological polar surface area (TPSA) is 54.5 Å². The molecule has 1 rings (SSSR count). The van der Waals surface area contributed by atoms with Gasteiger partial charge in [0.05, 0.1) is 20.5 Å². The van der Waals surface area contributed by atoms with Crippen molar-refractivity contribution < 1.29 is 13.2 Å². The third-order valence-corrected chi connectivity index (χ3v) is 4.84. The third kappa shape index (κ3) is 4.25. The largest absolute Gasteiger partial charge is 0.342 e. The van der Waals surface area contributed by atoms with E-state index in [2.05, 4.69) is 0 Å². The summed E-state index contributed by atoms with van der Waals surface area (Å²) in [5, 5.41) is -0.00952. The van der Waals surface area contributed by atoms with Gasteiger partial charge in [0.25, 0.3) is 15.0 Å². The van der Waals surface area contributed by atoms with E-state index < -0.39 is 15.0 Å². The Labute approximate surface area is 133 Å². The van der Waals surface area contributed by atoms with Crippen LogP contribution in [-0.2, 0) is 9.05 Å². The number of amides is 1. The van der Waals surface area contributed by atoms with Crippen molar-refractivity contribution in [3.8, 4) is 0 Å². The number of unbranched alkanes of at least 4 members (excludes halogenated alkanes) is 1. The second kappa shape index (κ2) is 6.98. The van der Waals surface area contributed by atoms with Gasteiger partial charge < -0.3 is 4.90 Å². The van der Waals surface area contributed by atoms with Crippen LogP contribution < -0.4 is 0 Å². The molecule has 0 spiro atoms. The normalized spacial score (nSPS) is 11.4. The van der Waals surface area contributed by atoms with Gasteiger partial charge in [0.2, 0.25) is 0 Å². The lowest BCUT2D eigenvalue weighted by Crippen LogP contribution is -2.28. The third-order valence-electron chi connectivity index (χ3n) is 2.71. The lowest BCUT2D eigenvalue weighted by Gasteiger charge is -2.18. The molecule has 0 aromatic heterocycles. The van der Waals surface area contributed by atoms with E-state index in [4.69, 9.17) is 33.9 Å². The van der Waals surface area contributed by atoms with Gasteiger partial charge in [0, 0.05) is 24.3 Å². The van der Waals surface area contributed by atoms with Crippen molar-refractivity contribution in [2.75, 3.05) is 13.6 Å². The van der Waals surface area contributed by atoms with Crippen molar-refractivity contribution in [3.63, 3.8) is 0 Å². The molecule has 4 nitrogen and oxygen atoms in total. The smallest absolute Gasteiger partial charge is 0.261 e. The average molecular weight is 359 g/mol. The molecule has 1 aromatic rings. The molecule has 0 atom stereocenters. The zero-order chi connectivity index (χ0) is 15.5. The van der Waals surface area contributed by atoms with Crippen LogP contribution in [-0.4, -0.2) is 32.8 Å². The maximum atomic E-state index is 12.2. The molecule has 1 aromatic carbocycles. The maximum absolute atomic E-state index is 12.2. The molecule has 0 heterocycles. The first-order valence-corrected chi connectivity index (χ1v) is 8.94. The molecular formula is C12H14Cl3NO3S. The van der Waals surface area contributed by atoms with Crippen LogP contribution in [0.25, 0.3) is 0 Å². The first-order valence-electron chi connectivity index (χ1n) is 5.87. The van der Waals surface area contributed by atoms with Gasteiger partial charge in [-0.2, -0.15) is 0 Å². The van der Waals surface area contributed by atoms with Gasteiger partial charge in [0.15, 0.2) is 0 Å². The summed E-state index contributed by atoms with van der Waals surface area (Å²) >= 11 is 11.8. The van der Waals surface area contributed by atoms with Gasteiger partial charge in [-0.3, -0.25) is 4.79 Å². The van der Waals surface area contributed by atoms with Crippen LogP contribution in [0.1, 0.15) is 30.1 Å². The molecule has 0 unspecified atom stereocenters. The van der Waals surface area contributed by atoms with Gasteiger partial charge in [-0.05, 0) is 18.6 Å². The number of benzene rings is 1. The first-order chi connectivity index (χ1) is 9.18. The quantitative estimate of drug-likeness (QED) is 0.752. The average Bonchev–Trinajstić information content (AvgIpc) is 2.36. The Morgan fingerprint density at radius 2 is 1.90 bits per heavy atom. The van der Waals surface area contributed by atoms with E-state index in [-0.39, 0.29) is 20.5 Å². The van der Waals surface area contributed by atoms with Crippen LogP contribution in [0.15, 0.2) is 17.0 Å². The highest BCUT2D eigenvalue weighted by Crippen LogP contribution is 2.31. The maximum Gasteiger partial charge on any atom is 0.261 e. The minimum atomic E-state index is -3.98. The Kier molecular flexibility index (Phi) is 6.13. The van der Waals surface area contributed by atoms with Gasteiger partial charge in [0.1, 0.15) is 0 Å². The van der Waals surface area contributed by atoms with Gasteiger partial charge >= 0.3 is 0 Å². The highest BCUT2D eigenvalue weighted by molar-refractivity contribution is 8.13. The van der Waals surface area contributed by atoms with Crippen molar-refractivity contribution in [3.05, 3.63) is 27.7 Å². The summed E-state index contributed by atoms with van der Waals surface area (Å²) in [6, 6.07) is 2.26. The summed E-state index contributed by atoms with van der Waals surface area (Å²) in [7, 11) is 2.90. The minimum Gasteiger partial charge on any atom is -0.342 e. The van der Waals surface area contributed by atoms with E-state index in [1.165, 1.54) is 4.90 Å². The van der Waals surface area contributed by atoms with Crippen LogP contribution >= 0.6 is 33.9 Å². The van der Waals surface area contributed by atoms with Gasteiger partial charge in [-0.25, -0.2) is 8.42 Å². The SMILES string of the molecule is CCCCN(C)C(=O)c1cc(S(=O)(=O)Cl)cc(Cl)c1Cl. The van der Waals surface area contributed by atoms with Crippen LogP contribution in [0.4, 0.5) is 0 Å². The summed E-state index contributed by atoms with van der Waals surface area (Å²) in [6.07, 6.45) is 1.77. The van der Waals surface area contributed by atoms with E-state index >= 15 is 0 Å². The van der Waals surface area contributed by atoms with Crippen molar-refractivity contribution in [2.24, 2.45) is 0 Å². The Morgan fingerprint density at radius 1 is 1.30 bits per heavy atom. The standard InChI is InChI=1S/C12H14Cl3NO3S/c1-3-4-5-16(2)12(17)9-6-8(20(15,18)19)7-10(13)11(9)14/h6-7H,3-5H2,1-2H3. The van der Waals surface area contributed by atoms with Crippen LogP contribution in [0, 0.1) is 0 Å². The van der Waals surface area contributed by atoms with Crippen molar-refractivity contribution in [2.45, 2.75) is 24.7 Å². The Balaban J connectivity index is 3.24. The predicted molar refractivity (Wildman–Crippen MR) is 81.4 cm³/mol. The molecular weight excluding hydrogens is 345 g/mol. The Hall–Kier alpha value is -0.490. The lowest BCUT2D eigenvalue weighted by molar-refractivity contribution is 0.0793. The predicted octanol–water partition coefficient (Wildman–Crippen LogP) is 3.79. The van der Waals surface area contributed by atoms with Crippen LogP contribution in [0.2, 0.25) is 10.0 Å². The summed E-state index contributed by atoms with van der Waals surface area (Å²) in [5.74, 6) is -0.396. The molecule has 0 saturated carbocycles. The summed E-state index contributed by atoms with van der Waals surface area (Å²) in [6.45, 7) is 2.55. The molecule has 0 aliphatic rings. The number of hydrogen-bond donors (Lipinski definition) is 0. The van der Waals surface area contributed by atoms with Crippen molar-refractivity contribution in [1.29, 1.82) is 0 Å². The number of carbonyl (C=O) groups is 1. The van der Waals surface area contributed by atoms with Gasteiger partial charge in [-0.1, -0.05) is 36.5 Å². The van der Waals surface area contributed by atoms with E-state index in [0.717, 1.165) is 25.0 Å². The van der Waals surface area contributed by atoms with E-state index in [9.17, 15) is 13.2 Å². The molecule has 0 aliphatic heterocycles. The molecule has 112 valence electrons. The van der Waals surface area contributed by atoms with E-state index in [0.29, 0.717) is 6.54 Å². The summed E-state index contributed by atoms with van der Waals surface area (Å²) < 4.78 is 22.7. The molecule has 0 radical (unpaired) electrons.